The number of aromatic nitrogens is 2. The van der Waals surface area contributed by atoms with E-state index in [1.807, 2.05) is 0 Å². The maximum Gasteiger partial charge on any atom is 0.314 e. The van der Waals surface area contributed by atoms with Gasteiger partial charge in [-0.2, -0.15) is 5.10 Å². The van der Waals surface area contributed by atoms with Crippen LogP contribution in [0.2, 0.25) is 5.02 Å². The Balaban J connectivity index is 1.93. The van der Waals surface area contributed by atoms with Crippen molar-refractivity contribution in [2.24, 2.45) is 0 Å². The lowest BCUT2D eigenvalue weighted by molar-refractivity contribution is -0.136. The number of amides is 2. The minimum Gasteiger partial charge on any atom is -0.383 e. The van der Waals surface area contributed by atoms with E-state index in [1.165, 1.54) is 11.8 Å². The first kappa shape index (κ1) is 20.3. The molecule has 150 valence electrons. The monoisotopic (exact) mass is 426 g/mol. The molecular formula is C17H19ClN4O5S. The van der Waals surface area contributed by atoms with E-state index >= 15 is 0 Å². The topological polar surface area (TPSA) is 119 Å². The van der Waals surface area contributed by atoms with Crippen LogP contribution in [0.15, 0.2) is 24.3 Å². The van der Waals surface area contributed by atoms with E-state index in [2.05, 4.69) is 15.7 Å². The standard InChI is InChI=1S/C17H19ClN4O5S/c1-10(7-27-2)19-16(23)17(24)20-15-13-8-28(25,26)9-14(13)21-22(15)12-5-3-4-11(18)6-12/h3-6,10H,7-9H2,1-2H3,(H,19,23)(H,20,24). The fourth-order valence-electron chi connectivity index (χ4n) is 2.91. The SMILES string of the molecule is COCC(C)NC(=O)C(=O)Nc1c2c(nn1-c1cccc(Cl)c1)CS(=O)(=O)C2. The Morgan fingerprint density at radius 3 is 2.75 bits per heavy atom. The molecule has 2 aromatic rings. The van der Waals surface area contributed by atoms with Gasteiger partial charge in [-0.15, -0.1) is 0 Å². The third-order valence-corrected chi connectivity index (χ3v) is 5.75. The van der Waals surface area contributed by atoms with Crippen molar-refractivity contribution in [3.05, 3.63) is 40.5 Å². The zero-order chi connectivity index (χ0) is 20.5. The van der Waals surface area contributed by atoms with Crippen molar-refractivity contribution in [3.63, 3.8) is 0 Å². The van der Waals surface area contributed by atoms with Gasteiger partial charge in [-0.1, -0.05) is 17.7 Å². The lowest BCUT2D eigenvalue weighted by Crippen LogP contribution is -2.42. The molecule has 0 radical (unpaired) electrons. The molecule has 28 heavy (non-hydrogen) atoms. The molecule has 1 aromatic carbocycles. The third kappa shape index (κ3) is 4.34. The Bertz CT molecular complexity index is 1030. The molecule has 1 aliphatic heterocycles. The van der Waals surface area contributed by atoms with Gasteiger partial charge in [0.25, 0.3) is 0 Å². The Morgan fingerprint density at radius 1 is 1.32 bits per heavy atom. The van der Waals surface area contributed by atoms with Crippen LogP contribution in [0.1, 0.15) is 18.2 Å². The number of halogens is 1. The minimum absolute atomic E-state index is 0.137. The lowest BCUT2D eigenvalue weighted by Gasteiger charge is -2.14. The van der Waals surface area contributed by atoms with Gasteiger partial charge < -0.3 is 15.4 Å². The summed E-state index contributed by atoms with van der Waals surface area (Å²) < 4.78 is 30.2. The second kappa shape index (κ2) is 7.90. The summed E-state index contributed by atoms with van der Waals surface area (Å²) >= 11 is 6.03. The number of benzene rings is 1. The predicted molar refractivity (Wildman–Crippen MR) is 103 cm³/mol. The van der Waals surface area contributed by atoms with Crippen LogP contribution in [0, 0.1) is 0 Å². The molecule has 2 amide bonds. The zero-order valence-corrected chi connectivity index (χ0v) is 16.8. The van der Waals surface area contributed by atoms with Gasteiger partial charge in [0.15, 0.2) is 9.84 Å². The molecule has 0 saturated carbocycles. The Kier molecular flexibility index (Phi) is 5.73. The fourth-order valence-corrected chi connectivity index (χ4v) is 4.59. The number of ether oxygens (including phenoxy) is 1. The first-order valence-corrected chi connectivity index (χ1v) is 10.6. The number of fused-ring (bicyclic) bond motifs is 1. The number of rotatable bonds is 5. The van der Waals surface area contributed by atoms with Crippen LogP contribution >= 0.6 is 11.6 Å². The number of nitrogens with one attached hydrogen (secondary N) is 2. The Labute approximate surface area is 166 Å². The molecular weight excluding hydrogens is 408 g/mol. The summed E-state index contributed by atoms with van der Waals surface area (Å²) in [6.45, 7) is 1.93. The Hall–Kier alpha value is -2.43. The quantitative estimate of drug-likeness (QED) is 0.689. The number of sulfone groups is 1. The summed E-state index contributed by atoms with van der Waals surface area (Å²) in [4.78, 5) is 24.5. The van der Waals surface area contributed by atoms with E-state index in [4.69, 9.17) is 16.3 Å². The molecule has 1 atom stereocenters. The molecule has 11 heteroatoms. The number of nitrogens with zero attached hydrogens (tertiary/aromatic N) is 2. The van der Waals surface area contributed by atoms with Crippen molar-refractivity contribution < 1.29 is 22.7 Å². The van der Waals surface area contributed by atoms with E-state index < -0.39 is 21.7 Å². The fraction of sp³-hybridized carbons (Fsp3) is 0.353. The molecule has 2 N–H and O–H groups in total. The molecule has 3 rings (SSSR count). The lowest BCUT2D eigenvalue weighted by atomic mass is 10.2. The van der Waals surface area contributed by atoms with Gasteiger partial charge in [-0.05, 0) is 25.1 Å². The summed E-state index contributed by atoms with van der Waals surface area (Å²) in [6, 6.07) is 6.34. The molecule has 1 aromatic heterocycles. The number of hydrogen-bond acceptors (Lipinski definition) is 6. The zero-order valence-electron chi connectivity index (χ0n) is 15.2. The first-order valence-electron chi connectivity index (χ1n) is 8.38. The van der Waals surface area contributed by atoms with E-state index in [9.17, 15) is 18.0 Å². The molecule has 0 bridgehead atoms. The maximum atomic E-state index is 12.4. The smallest absolute Gasteiger partial charge is 0.314 e. The Morgan fingerprint density at radius 2 is 2.07 bits per heavy atom. The van der Waals surface area contributed by atoms with Crippen LogP contribution in [0.25, 0.3) is 5.69 Å². The first-order chi connectivity index (χ1) is 13.2. The molecule has 9 nitrogen and oxygen atoms in total. The normalized spacial score (nSPS) is 15.7. The van der Waals surface area contributed by atoms with Crippen molar-refractivity contribution >= 4 is 39.1 Å². The van der Waals surface area contributed by atoms with E-state index in [0.29, 0.717) is 22.0 Å². The van der Waals surface area contributed by atoms with Crippen LogP contribution in [0.3, 0.4) is 0 Å². The molecule has 0 spiro atoms. The van der Waals surface area contributed by atoms with Crippen LogP contribution in [-0.2, 0) is 35.7 Å². The van der Waals surface area contributed by atoms with E-state index in [0.717, 1.165) is 0 Å². The number of hydrogen-bond donors (Lipinski definition) is 2. The van der Waals surface area contributed by atoms with Gasteiger partial charge >= 0.3 is 11.8 Å². The number of carbonyl (C=O) groups is 2. The highest BCUT2D eigenvalue weighted by Gasteiger charge is 2.34. The largest absolute Gasteiger partial charge is 0.383 e. The second-order valence-electron chi connectivity index (χ2n) is 6.48. The van der Waals surface area contributed by atoms with Crippen LogP contribution in [0.4, 0.5) is 5.82 Å². The number of carbonyl (C=O) groups excluding carboxylic acids is 2. The highest BCUT2D eigenvalue weighted by atomic mass is 35.5. The van der Waals surface area contributed by atoms with Gasteiger partial charge in [0, 0.05) is 23.7 Å². The summed E-state index contributed by atoms with van der Waals surface area (Å²) in [6.07, 6.45) is 0. The maximum absolute atomic E-state index is 12.4. The van der Waals surface area contributed by atoms with Gasteiger partial charge in [0.1, 0.15) is 5.82 Å². The second-order valence-corrected chi connectivity index (χ2v) is 8.98. The van der Waals surface area contributed by atoms with Crippen LogP contribution < -0.4 is 10.6 Å². The minimum atomic E-state index is -3.34. The number of anilines is 1. The van der Waals surface area contributed by atoms with Gasteiger partial charge in [-0.3, -0.25) is 9.59 Å². The summed E-state index contributed by atoms with van der Waals surface area (Å²) in [5.41, 5.74) is 1.23. The molecule has 0 aliphatic carbocycles. The van der Waals surface area contributed by atoms with Gasteiger partial charge in [0.2, 0.25) is 0 Å². The molecule has 2 heterocycles. The average Bonchev–Trinajstić information content (AvgIpc) is 3.07. The molecule has 1 unspecified atom stereocenters. The summed E-state index contributed by atoms with van der Waals surface area (Å²) in [7, 11) is -1.86. The van der Waals surface area contributed by atoms with Crippen LogP contribution in [0.5, 0.6) is 0 Å². The van der Waals surface area contributed by atoms with Crippen molar-refractivity contribution in [1.82, 2.24) is 15.1 Å². The van der Waals surface area contributed by atoms with Crippen molar-refractivity contribution in [3.8, 4) is 5.69 Å². The summed E-state index contributed by atoms with van der Waals surface area (Å²) in [5, 5.41) is 9.76. The molecule has 0 saturated heterocycles. The van der Waals surface area contributed by atoms with E-state index in [-0.39, 0.29) is 30.0 Å². The number of methoxy groups -OCH3 is 1. The molecule has 0 fully saturated rings. The third-order valence-electron chi connectivity index (χ3n) is 4.07. The van der Waals surface area contributed by atoms with Gasteiger partial charge in [0.05, 0.1) is 29.5 Å². The average molecular weight is 427 g/mol. The predicted octanol–water partition coefficient (Wildman–Crippen LogP) is 1.04. The van der Waals surface area contributed by atoms with Crippen LogP contribution in [-0.4, -0.2) is 49.8 Å². The van der Waals surface area contributed by atoms with E-state index in [1.54, 1.807) is 31.2 Å². The van der Waals surface area contributed by atoms with Crippen molar-refractivity contribution in [2.75, 3.05) is 19.0 Å². The highest BCUT2D eigenvalue weighted by Crippen LogP contribution is 2.33. The van der Waals surface area contributed by atoms with Gasteiger partial charge in [-0.25, -0.2) is 13.1 Å². The highest BCUT2D eigenvalue weighted by molar-refractivity contribution is 7.90. The molecule has 1 aliphatic rings. The summed E-state index contributed by atoms with van der Waals surface area (Å²) in [5.74, 6) is -2.15. The van der Waals surface area contributed by atoms with Crippen molar-refractivity contribution in [2.45, 2.75) is 24.5 Å². The van der Waals surface area contributed by atoms with Crippen molar-refractivity contribution in [1.29, 1.82) is 0 Å².